The molecule has 2 aromatic carbocycles. The second-order valence-electron chi connectivity index (χ2n) is 6.34. The Labute approximate surface area is 166 Å². The molecule has 0 heterocycles. The third-order valence-electron chi connectivity index (χ3n) is 4.00. The molecule has 2 N–H and O–H groups in total. The van der Waals surface area contributed by atoms with E-state index in [0.717, 1.165) is 5.56 Å². The number of hydrogen-bond acceptors (Lipinski definition) is 5. The number of carbonyl (C=O) groups excluding carboxylic acids is 1. The Morgan fingerprint density at radius 1 is 0.786 bits per heavy atom. The summed E-state index contributed by atoms with van der Waals surface area (Å²) in [5, 5.41) is 0. The Morgan fingerprint density at radius 2 is 1.32 bits per heavy atom. The third kappa shape index (κ3) is 6.83. The number of Topliss-reactive ketones (excluding diaryl/α,β-unsaturated/α-hetero) is 1. The fraction of sp³-hybridized carbons (Fsp3) is 0.316. The third-order valence-corrected chi connectivity index (χ3v) is 6.90. The Kier molecular flexibility index (Phi) is 7.88. The Bertz CT molecular complexity index is 986. The van der Waals surface area contributed by atoms with Crippen LogP contribution in [0.2, 0.25) is 0 Å². The largest absolute Gasteiger partial charge is 0.300 e. The van der Waals surface area contributed by atoms with Gasteiger partial charge in [0.2, 0.25) is 20.0 Å². The number of carbonyl (C=O) groups is 1. The van der Waals surface area contributed by atoms with Gasteiger partial charge < -0.3 is 4.79 Å². The summed E-state index contributed by atoms with van der Waals surface area (Å²) in [5.74, 6) is 0.0699. The van der Waals surface area contributed by atoms with E-state index < -0.39 is 20.0 Å². The van der Waals surface area contributed by atoms with Gasteiger partial charge in [-0.05, 0) is 49.6 Å². The van der Waals surface area contributed by atoms with Crippen molar-refractivity contribution in [2.45, 2.75) is 42.5 Å². The van der Waals surface area contributed by atoms with Crippen LogP contribution in [-0.2, 0) is 31.4 Å². The molecule has 0 atom stereocenters. The number of benzene rings is 2. The molecule has 0 saturated heterocycles. The van der Waals surface area contributed by atoms with E-state index in [4.69, 9.17) is 0 Å². The molecule has 0 aliphatic carbocycles. The first kappa shape index (κ1) is 22.2. The fourth-order valence-electron chi connectivity index (χ4n) is 2.44. The normalized spacial score (nSPS) is 12.0. The molecule has 152 valence electrons. The van der Waals surface area contributed by atoms with Crippen LogP contribution in [0.3, 0.4) is 0 Å². The molecular formula is C19H24N2O5S2. The number of nitrogens with one attached hydrogen (secondary N) is 2. The highest BCUT2D eigenvalue weighted by molar-refractivity contribution is 7.90. The summed E-state index contributed by atoms with van der Waals surface area (Å²) in [6, 6.07) is 14.1. The molecule has 28 heavy (non-hydrogen) atoms. The van der Waals surface area contributed by atoms with Crippen molar-refractivity contribution in [2.24, 2.45) is 0 Å². The predicted octanol–water partition coefficient (Wildman–Crippen LogP) is 2.20. The van der Waals surface area contributed by atoms with Crippen LogP contribution in [0.25, 0.3) is 0 Å². The maximum atomic E-state index is 12.4. The highest BCUT2D eigenvalue weighted by Crippen LogP contribution is 2.15. The summed E-state index contributed by atoms with van der Waals surface area (Å²) in [5.41, 5.74) is 0.819. The Morgan fingerprint density at radius 3 is 1.86 bits per heavy atom. The van der Waals surface area contributed by atoms with Crippen molar-refractivity contribution in [2.75, 3.05) is 6.54 Å². The minimum atomic E-state index is -3.75. The highest BCUT2D eigenvalue weighted by atomic mass is 32.2. The Hall–Kier alpha value is -2.07. The lowest BCUT2D eigenvalue weighted by Crippen LogP contribution is -2.25. The zero-order valence-corrected chi connectivity index (χ0v) is 17.2. The molecule has 0 saturated carbocycles. The molecule has 0 fully saturated rings. The van der Waals surface area contributed by atoms with Crippen molar-refractivity contribution < 1.29 is 21.6 Å². The summed E-state index contributed by atoms with van der Waals surface area (Å²) in [6.45, 7) is 1.85. The second kappa shape index (κ2) is 9.92. The van der Waals surface area contributed by atoms with Gasteiger partial charge in [0.05, 0.1) is 9.79 Å². The fourth-order valence-corrected chi connectivity index (χ4v) is 4.54. The van der Waals surface area contributed by atoms with Gasteiger partial charge in [0.1, 0.15) is 5.78 Å². The number of ketones is 1. The van der Waals surface area contributed by atoms with E-state index in [1.54, 1.807) is 12.1 Å². The molecule has 2 rings (SSSR count). The average Bonchev–Trinajstić information content (AvgIpc) is 2.67. The van der Waals surface area contributed by atoms with E-state index in [1.807, 2.05) is 18.2 Å². The van der Waals surface area contributed by atoms with Gasteiger partial charge in [-0.25, -0.2) is 26.3 Å². The smallest absolute Gasteiger partial charge is 0.240 e. The predicted molar refractivity (Wildman–Crippen MR) is 107 cm³/mol. The molecule has 0 radical (unpaired) electrons. The summed E-state index contributed by atoms with van der Waals surface area (Å²) in [6.07, 6.45) is 1.58. The molecule has 0 aromatic heterocycles. The van der Waals surface area contributed by atoms with E-state index in [1.165, 1.54) is 31.2 Å². The second-order valence-corrected chi connectivity index (χ2v) is 9.87. The lowest BCUT2D eigenvalue weighted by Gasteiger charge is -2.09. The molecule has 0 bridgehead atoms. The standard InChI is InChI=1S/C19H24N2O5S2/c1-16(22)7-5-6-14-20-27(23,24)18-10-12-19(13-11-18)28(25,26)21-15-17-8-3-2-4-9-17/h2-4,8-13,20-21H,5-7,14-15H2,1H3. The van der Waals surface area contributed by atoms with Crippen LogP contribution >= 0.6 is 0 Å². The summed E-state index contributed by atoms with van der Waals surface area (Å²) >= 11 is 0. The maximum absolute atomic E-state index is 12.4. The number of hydrogen-bond donors (Lipinski definition) is 2. The summed E-state index contributed by atoms with van der Waals surface area (Å²) in [7, 11) is -7.48. The monoisotopic (exact) mass is 424 g/mol. The minimum absolute atomic E-state index is 0.0103. The van der Waals surface area contributed by atoms with Gasteiger partial charge in [0, 0.05) is 19.5 Å². The highest BCUT2D eigenvalue weighted by Gasteiger charge is 2.17. The summed E-state index contributed by atoms with van der Waals surface area (Å²) in [4.78, 5) is 10.8. The topological polar surface area (TPSA) is 109 Å². The van der Waals surface area contributed by atoms with Gasteiger partial charge >= 0.3 is 0 Å². The molecule has 2 aromatic rings. The van der Waals surface area contributed by atoms with Crippen molar-refractivity contribution in [1.82, 2.24) is 9.44 Å². The van der Waals surface area contributed by atoms with Crippen LogP contribution in [-0.4, -0.2) is 29.2 Å². The van der Waals surface area contributed by atoms with Crippen molar-refractivity contribution in [3.05, 3.63) is 60.2 Å². The summed E-state index contributed by atoms with van der Waals surface area (Å²) < 4.78 is 54.2. The number of sulfonamides is 2. The van der Waals surface area contributed by atoms with Crippen LogP contribution in [0.5, 0.6) is 0 Å². The van der Waals surface area contributed by atoms with E-state index in [2.05, 4.69) is 9.44 Å². The first-order valence-electron chi connectivity index (χ1n) is 8.83. The zero-order chi connectivity index (χ0) is 20.6. The first-order chi connectivity index (χ1) is 13.2. The van der Waals surface area contributed by atoms with Crippen LogP contribution in [0.1, 0.15) is 31.7 Å². The lowest BCUT2D eigenvalue weighted by atomic mass is 10.2. The Balaban J connectivity index is 1.96. The van der Waals surface area contributed by atoms with Gasteiger partial charge in [-0.3, -0.25) is 0 Å². The molecule has 7 nitrogen and oxygen atoms in total. The molecule has 0 aliphatic heterocycles. The van der Waals surface area contributed by atoms with Crippen molar-refractivity contribution in [3.63, 3.8) is 0 Å². The molecule has 0 amide bonds. The quantitative estimate of drug-likeness (QED) is 0.538. The average molecular weight is 425 g/mol. The van der Waals surface area contributed by atoms with Gasteiger partial charge in [-0.1, -0.05) is 30.3 Å². The molecular weight excluding hydrogens is 400 g/mol. The molecule has 0 spiro atoms. The van der Waals surface area contributed by atoms with Gasteiger partial charge in [-0.15, -0.1) is 0 Å². The first-order valence-corrected chi connectivity index (χ1v) is 11.8. The van der Waals surface area contributed by atoms with Crippen molar-refractivity contribution >= 4 is 25.8 Å². The van der Waals surface area contributed by atoms with E-state index in [0.29, 0.717) is 19.3 Å². The molecule has 0 unspecified atom stereocenters. The van der Waals surface area contributed by atoms with Crippen molar-refractivity contribution in [1.29, 1.82) is 0 Å². The van der Waals surface area contributed by atoms with E-state index in [9.17, 15) is 21.6 Å². The molecule has 0 aliphatic rings. The van der Waals surface area contributed by atoms with E-state index in [-0.39, 0.29) is 28.7 Å². The van der Waals surface area contributed by atoms with Crippen LogP contribution in [0.4, 0.5) is 0 Å². The van der Waals surface area contributed by atoms with Crippen LogP contribution in [0.15, 0.2) is 64.4 Å². The number of rotatable bonds is 11. The van der Waals surface area contributed by atoms with Crippen LogP contribution in [0, 0.1) is 0 Å². The van der Waals surface area contributed by atoms with Gasteiger partial charge in [0.25, 0.3) is 0 Å². The van der Waals surface area contributed by atoms with Gasteiger partial charge in [0.15, 0.2) is 0 Å². The molecule has 9 heteroatoms. The van der Waals surface area contributed by atoms with E-state index >= 15 is 0 Å². The maximum Gasteiger partial charge on any atom is 0.240 e. The zero-order valence-electron chi connectivity index (χ0n) is 15.6. The number of unbranched alkanes of at least 4 members (excludes halogenated alkanes) is 1. The minimum Gasteiger partial charge on any atom is -0.300 e. The SMILES string of the molecule is CC(=O)CCCCNS(=O)(=O)c1ccc(S(=O)(=O)NCc2ccccc2)cc1. The van der Waals surface area contributed by atoms with Crippen molar-refractivity contribution in [3.8, 4) is 0 Å². The van der Waals surface area contributed by atoms with Gasteiger partial charge in [-0.2, -0.15) is 0 Å². The van der Waals surface area contributed by atoms with Crippen LogP contribution < -0.4 is 9.44 Å². The lowest BCUT2D eigenvalue weighted by molar-refractivity contribution is -0.117.